The Morgan fingerprint density at radius 2 is 1.58 bits per heavy atom. The van der Waals surface area contributed by atoms with E-state index in [0.717, 1.165) is 37.8 Å². The van der Waals surface area contributed by atoms with Crippen LogP contribution in [-0.4, -0.2) is 10.9 Å². The second-order valence-electron chi connectivity index (χ2n) is 7.13. The minimum Gasteiger partial charge on any atom is -0.333 e. The molecule has 152 valence electrons. The molecule has 0 spiro atoms. The summed E-state index contributed by atoms with van der Waals surface area (Å²) in [5.41, 5.74) is 4.68. The monoisotopic (exact) mass is 487 g/mol. The molecule has 4 aromatic rings. The third kappa shape index (κ3) is 4.04. The van der Waals surface area contributed by atoms with Gasteiger partial charge in [0, 0.05) is 27.2 Å². The Labute approximate surface area is 193 Å². The Morgan fingerprint density at radius 1 is 0.903 bits per heavy atom. The maximum Gasteiger partial charge on any atom is 0.253 e. The molecule has 1 aromatic heterocycles. The molecule has 5 rings (SSSR count). The molecule has 1 atom stereocenters. The van der Waals surface area contributed by atoms with Crippen molar-refractivity contribution in [2.75, 3.05) is 10.2 Å². The lowest BCUT2D eigenvalue weighted by atomic mass is 10.0. The molecule has 0 fully saturated rings. The highest BCUT2D eigenvalue weighted by Crippen LogP contribution is 2.39. The minimum absolute atomic E-state index is 0.0488. The number of hydrogen-bond acceptors (Lipinski definition) is 4. The van der Waals surface area contributed by atoms with E-state index in [1.54, 1.807) is 6.08 Å². The van der Waals surface area contributed by atoms with Gasteiger partial charge >= 0.3 is 0 Å². The second kappa shape index (κ2) is 8.49. The molecular formula is C25H18BrN3OS. The van der Waals surface area contributed by atoms with Gasteiger partial charge in [-0.25, -0.2) is 4.98 Å². The molecule has 1 N–H and O–H groups in total. The van der Waals surface area contributed by atoms with Crippen LogP contribution in [0.25, 0.3) is 11.3 Å². The van der Waals surface area contributed by atoms with E-state index in [1.165, 1.54) is 11.3 Å². The highest BCUT2D eigenvalue weighted by atomic mass is 79.9. The predicted octanol–water partition coefficient (Wildman–Crippen LogP) is 6.66. The van der Waals surface area contributed by atoms with E-state index >= 15 is 0 Å². The van der Waals surface area contributed by atoms with Crippen molar-refractivity contribution in [2.24, 2.45) is 0 Å². The summed E-state index contributed by atoms with van der Waals surface area (Å²) < 4.78 is 1.03. The first-order valence-corrected chi connectivity index (χ1v) is 11.5. The number of benzene rings is 3. The minimum atomic E-state index is -0.240. The van der Waals surface area contributed by atoms with Crippen LogP contribution < -0.4 is 10.2 Å². The van der Waals surface area contributed by atoms with Crippen molar-refractivity contribution in [3.63, 3.8) is 0 Å². The van der Waals surface area contributed by atoms with Crippen LogP contribution in [0.2, 0.25) is 0 Å². The fraction of sp³-hybridized carbons (Fsp3) is 0.0400. The Morgan fingerprint density at radius 3 is 2.29 bits per heavy atom. The van der Waals surface area contributed by atoms with E-state index in [0.29, 0.717) is 0 Å². The average Bonchev–Trinajstić information content (AvgIpc) is 3.40. The lowest BCUT2D eigenvalue weighted by Crippen LogP contribution is -2.30. The largest absolute Gasteiger partial charge is 0.333 e. The third-order valence-corrected chi connectivity index (χ3v) is 6.40. The van der Waals surface area contributed by atoms with E-state index in [2.05, 4.69) is 21.2 Å². The van der Waals surface area contributed by atoms with Gasteiger partial charge in [0.25, 0.3) is 5.91 Å². The Bertz CT molecular complexity index is 1240. The van der Waals surface area contributed by atoms with Gasteiger partial charge < -0.3 is 5.32 Å². The van der Waals surface area contributed by atoms with Crippen LogP contribution in [0.1, 0.15) is 11.6 Å². The van der Waals surface area contributed by atoms with Crippen molar-refractivity contribution < 1.29 is 4.79 Å². The zero-order chi connectivity index (χ0) is 21.2. The van der Waals surface area contributed by atoms with Gasteiger partial charge in [-0.3, -0.25) is 9.69 Å². The van der Waals surface area contributed by atoms with E-state index < -0.39 is 0 Å². The lowest BCUT2D eigenvalue weighted by molar-refractivity contribution is -0.113. The van der Waals surface area contributed by atoms with Crippen LogP contribution in [0.4, 0.5) is 10.8 Å². The molecule has 0 bridgehead atoms. The van der Waals surface area contributed by atoms with Gasteiger partial charge in [0.1, 0.15) is 6.04 Å². The summed E-state index contributed by atoms with van der Waals surface area (Å²) in [5.74, 6) is -0.0488. The molecule has 1 amide bonds. The van der Waals surface area contributed by atoms with Crippen LogP contribution in [0, 0.1) is 0 Å². The molecule has 0 saturated carbocycles. The van der Waals surface area contributed by atoms with E-state index in [4.69, 9.17) is 4.98 Å². The van der Waals surface area contributed by atoms with Crippen LogP contribution in [-0.2, 0) is 4.79 Å². The number of nitrogens with zero attached hydrogens (tertiary/aromatic N) is 2. The summed E-state index contributed by atoms with van der Waals surface area (Å²) in [6.45, 7) is 0. The van der Waals surface area contributed by atoms with E-state index in [-0.39, 0.29) is 11.9 Å². The fourth-order valence-corrected chi connectivity index (χ4v) is 4.69. The van der Waals surface area contributed by atoms with E-state index in [1.807, 2.05) is 95.2 Å². The Hall–Kier alpha value is -3.22. The number of carbonyl (C=O) groups is 1. The van der Waals surface area contributed by atoms with Gasteiger partial charge in [-0.15, -0.1) is 11.3 Å². The summed E-state index contributed by atoms with van der Waals surface area (Å²) in [4.78, 5) is 19.6. The number of para-hydroxylation sites is 1. The number of amides is 1. The van der Waals surface area contributed by atoms with Crippen molar-refractivity contribution >= 4 is 44.0 Å². The summed E-state index contributed by atoms with van der Waals surface area (Å²) in [7, 11) is 0. The maximum absolute atomic E-state index is 13.0. The zero-order valence-corrected chi connectivity index (χ0v) is 18.8. The van der Waals surface area contributed by atoms with Gasteiger partial charge in [0.15, 0.2) is 5.13 Å². The summed E-state index contributed by atoms with van der Waals surface area (Å²) in [6, 6.07) is 27.7. The molecule has 0 saturated heterocycles. The SMILES string of the molecule is O=C1C=C(Nc2nc(-c3ccc(Br)cc3)cs2)C(c2ccccc2)N1c1ccccc1. The summed E-state index contributed by atoms with van der Waals surface area (Å²) in [5, 5.41) is 6.20. The quantitative estimate of drug-likeness (QED) is 0.342. The number of aromatic nitrogens is 1. The molecule has 31 heavy (non-hydrogen) atoms. The highest BCUT2D eigenvalue weighted by molar-refractivity contribution is 9.10. The Balaban J connectivity index is 1.47. The molecule has 0 radical (unpaired) electrons. The van der Waals surface area contributed by atoms with Gasteiger partial charge in [-0.2, -0.15) is 0 Å². The maximum atomic E-state index is 13.0. The molecule has 1 aliphatic rings. The number of hydrogen-bond donors (Lipinski definition) is 1. The second-order valence-corrected chi connectivity index (χ2v) is 8.90. The van der Waals surface area contributed by atoms with Gasteiger partial charge in [0.2, 0.25) is 0 Å². The first-order chi connectivity index (χ1) is 15.2. The summed E-state index contributed by atoms with van der Waals surface area (Å²) in [6.07, 6.45) is 1.67. The van der Waals surface area contributed by atoms with Gasteiger partial charge in [-0.1, -0.05) is 76.6 Å². The first-order valence-electron chi connectivity index (χ1n) is 9.82. The van der Waals surface area contributed by atoms with E-state index in [9.17, 15) is 4.79 Å². The van der Waals surface area contributed by atoms with Crippen molar-refractivity contribution in [3.05, 3.63) is 112 Å². The molecule has 6 heteroatoms. The number of thiazole rings is 1. The molecule has 3 aromatic carbocycles. The van der Waals surface area contributed by atoms with Crippen molar-refractivity contribution in [1.29, 1.82) is 0 Å². The van der Waals surface area contributed by atoms with Crippen LogP contribution in [0.3, 0.4) is 0 Å². The predicted molar refractivity (Wildman–Crippen MR) is 130 cm³/mol. The Kier molecular flexibility index (Phi) is 5.40. The first kappa shape index (κ1) is 19.7. The molecule has 0 aliphatic carbocycles. The van der Waals surface area contributed by atoms with Crippen LogP contribution in [0.5, 0.6) is 0 Å². The number of rotatable bonds is 5. The third-order valence-electron chi connectivity index (χ3n) is 5.11. The highest BCUT2D eigenvalue weighted by Gasteiger charge is 2.35. The standard InChI is InChI=1S/C25H18BrN3OS/c26-19-13-11-17(12-14-19)22-16-31-25(28-22)27-21-15-23(30)29(20-9-5-2-6-10-20)24(21)18-7-3-1-4-8-18/h1-16,24H,(H,27,28). The average molecular weight is 488 g/mol. The smallest absolute Gasteiger partial charge is 0.253 e. The molecule has 2 heterocycles. The fourth-order valence-electron chi connectivity index (χ4n) is 3.69. The number of nitrogens with one attached hydrogen (secondary N) is 1. The van der Waals surface area contributed by atoms with Gasteiger partial charge in [0.05, 0.1) is 11.4 Å². The molecule has 1 aliphatic heterocycles. The van der Waals surface area contributed by atoms with Crippen molar-refractivity contribution in [2.45, 2.75) is 6.04 Å². The number of anilines is 2. The van der Waals surface area contributed by atoms with Crippen molar-refractivity contribution in [3.8, 4) is 11.3 Å². The normalized spacial score (nSPS) is 15.8. The van der Waals surface area contributed by atoms with Crippen LogP contribution >= 0.6 is 27.3 Å². The van der Waals surface area contributed by atoms with Gasteiger partial charge in [-0.05, 0) is 29.8 Å². The lowest BCUT2D eigenvalue weighted by Gasteiger charge is -2.28. The number of halogens is 1. The molecule has 4 nitrogen and oxygen atoms in total. The number of carbonyl (C=O) groups excluding carboxylic acids is 1. The zero-order valence-electron chi connectivity index (χ0n) is 16.4. The molecular weight excluding hydrogens is 470 g/mol. The topological polar surface area (TPSA) is 45.2 Å². The molecule has 1 unspecified atom stereocenters. The van der Waals surface area contributed by atoms with Crippen molar-refractivity contribution in [1.82, 2.24) is 4.98 Å². The van der Waals surface area contributed by atoms with Crippen LogP contribution in [0.15, 0.2) is 107 Å². The summed E-state index contributed by atoms with van der Waals surface area (Å²) >= 11 is 4.99.